The van der Waals surface area contributed by atoms with Crippen molar-refractivity contribution in [3.8, 4) is 11.1 Å². The second-order valence-corrected chi connectivity index (χ2v) is 12.7. The van der Waals surface area contributed by atoms with E-state index < -0.39 is 5.41 Å². The SMILES string of the molecule is C=CC=C.CCC(C)(CC(C)(C)C)C(=O)OCc1ccc(Nc2ccc3c4c(cc(=O)n3C)-c3ccccc3C(=O)c24)cc1. The van der Waals surface area contributed by atoms with Gasteiger partial charge in [-0.2, -0.15) is 0 Å². The molecule has 3 aromatic carbocycles. The van der Waals surface area contributed by atoms with Gasteiger partial charge in [0.2, 0.25) is 0 Å². The predicted molar refractivity (Wildman–Crippen MR) is 180 cm³/mol. The fourth-order valence-corrected chi connectivity index (χ4v) is 5.83. The van der Waals surface area contributed by atoms with Crippen LogP contribution in [0.5, 0.6) is 0 Å². The van der Waals surface area contributed by atoms with Crippen LogP contribution in [0.2, 0.25) is 0 Å². The maximum absolute atomic E-state index is 13.7. The Hall–Kier alpha value is -4.71. The summed E-state index contributed by atoms with van der Waals surface area (Å²) in [6.45, 7) is 17.3. The summed E-state index contributed by atoms with van der Waals surface area (Å²) in [4.78, 5) is 39.4. The van der Waals surface area contributed by atoms with Gasteiger partial charge in [-0.3, -0.25) is 14.4 Å². The van der Waals surface area contributed by atoms with Crippen LogP contribution in [0, 0.1) is 10.8 Å². The number of nitrogens with one attached hydrogen (secondary N) is 1. The number of benzene rings is 3. The molecular formula is C38H42N2O4. The highest BCUT2D eigenvalue weighted by Gasteiger charge is 2.37. The van der Waals surface area contributed by atoms with Crippen molar-refractivity contribution >= 4 is 34.0 Å². The standard InChI is InChI=1S/C34H36N2O4.C4H6/c1-7-34(5,20-33(2,3)4)32(39)40-19-21-12-14-22(15-13-21)35-26-16-17-27-29-25(18-28(37)36(27)6)23-10-8-9-11-24(23)31(38)30(26)29;1-3-4-2/h8-18,35H,7,19-20H2,1-6H3;3-4H,1-2H2. The van der Waals surface area contributed by atoms with Gasteiger partial charge in [0.25, 0.3) is 5.56 Å². The van der Waals surface area contributed by atoms with E-state index in [4.69, 9.17) is 4.74 Å². The lowest BCUT2D eigenvalue weighted by Crippen LogP contribution is -2.33. The molecule has 0 saturated heterocycles. The van der Waals surface area contributed by atoms with E-state index >= 15 is 0 Å². The highest BCUT2D eigenvalue weighted by molar-refractivity contribution is 6.28. The van der Waals surface area contributed by atoms with Gasteiger partial charge >= 0.3 is 5.97 Å². The lowest BCUT2D eigenvalue weighted by molar-refractivity contribution is -0.158. The number of ether oxygens (including phenoxy) is 1. The van der Waals surface area contributed by atoms with E-state index in [9.17, 15) is 14.4 Å². The Morgan fingerprint density at radius 3 is 2.14 bits per heavy atom. The molecule has 228 valence electrons. The van der Waals surface area contributed by atoms with E-state index in [-0.39, 0.29) is 29.3 Å². The molecule has 0 aliphatic heterocycles. The van der Waals surface area contributed by atoms with Crippen LogP contribution >= 0.6 is 0 Å². The largest absolute Gasteiger partial charge is 0.460 e. The molecule has 0 amide bonds. The summed E-state index contributed by atoms with van der Waals surface area (Å²) in [5, 5.41) is 4.18. The Kier molecular flexibility index (Phi) is 9.43. The zero-order valence-electron chi connectivity index (χ0n) is 26.6. The molecule has 0 fully saturated rings. The van der Waals surface area contributed by atoms with Crippen molar-refractivity contribution in [3.05, 3.63) is 119 Å². The minimum atomic E-state index is -0.523. The third-order valence-electron chi connectivity index (χ3n) is 8.06. The first-order chi connectivity index (χ1) is 20.8. The van der Waals surface area contributed by atoms with Gasteiger partial charge in [0.05, 0.1) is 22.2 Å². The van der Waals surface area contributed by atoms with E-state index in [1.54, 1.807) is 29.8 Å². The zero-order valence-corrected chi connectivity index (χ0v) is 26.6. The van der Waals surface area contributed by atoms with E-state index in [2.05, 4.69) is 39.2 Å². The van der Waals surface area contributed by atoms with Gasteiger partial charge in [-0.25, -0.2) is 0 Å². The lowest BCUT2D eigenvalue weighted by Gasteiger charge is -2.32. The maximum Gasteiger partial charge on any atom is 0.312 e. The van der Waals surface area contributed by atoms with Crippen LogP contribution in [0.1, 0.15) is 68.9 Å². The third kappa shape index (κ3) is 6.60. The minimum Gasteiger partial charge on any atom is -0.460 e. The van der Waals surface area contributed by atoms with Gasteiger partial charge in [0.1, 0.15) is 6.61 Å². The average Bonchev–Trinajstić information content (AvgIpc) is 3.00. The van der Waals surface area contributed by atoms with Crippen molar-refractivity contribution in [1.29, 1.82) is 0 Å². The summed E-state index contributed by atoms with van der Waals surface area (Å²) in [5.74, 6) is -0.251. The van der Waals surface area contributed by atoms with Gasteiger partial charge in [-0.05, 0) is 66.1 Å². The number of pyridine rings is 1. The average molecular weight is 591 g/mol. The molecule has 1 aliphatic rings. The fourth-order valence-electron chi connectivity index (χ4n) is 5.83. The van der Waals surface area contributed by atoms with Gasteiger partial charge in [0, 0.05) is 29.8 Å². The summed E-state index contributed by atoms with van der Waals surface area (Å²) in [6, 6.07) is 20.4. The van der Waals surface area contributed by atoms with Crippen LogP contribution < -0.4 is 10.9 Å². The molecule has 0 saturated carbocycles. The summed E-state index contributed by atoms with van der Waals surface area (Å²) < 4.78 is 7.31. The minimum absolute atomic E-state index is 0.0259. The quantitative estimate of drug-likeness (QED) is 0.144. The Balaban J connectivity index is 0.00000104. The van der Waals surface area contributed by atoms with Crippen LogP contribution in [0.15, 0.2) is 96.8 Å². The van der Waals surface area contributed by atoms with Gasteiger partial charge in [-0.15, -0.1) is 0 Å². The van der Waals surface area contributed by atoms with E-state index in [1.165, 1.54) is 0 Å². The Bertz CT molecular complexity index is 1790. The highest BCUT2D eigenvalue weighted by atomic mass is 16.5. The maximum atomic E-state index is 13.7. The van der Waals surface area contributed by atoms with Crippen molar-refractivity contribution in [1.82, 2.24) is 4.57 Å². The molecular weight excluding hydrogens is 548 g/mol. The number of esters is 1. The molecule has 0 radical (unpaired) electrons. The molecule has 0 spiro atoms. The second kappa shape index (κ2) is 12.9. The fraction of sp³-hybridized carbons (Fsp3) is 0.289. The highest BCUT2D eigenvalue weighted by Crippen LogP contribution is 2.42. The summed E-state index contributed by atoms with van der Waals surface area (Å²) >= 11 is 0. The first kappa shape index (κ1) is 32.2. The molecule has 1 heterocycles. The molecule has 6 heteroatoms. The van der Waals surface area contributed by atoms with Crippen molar-refractivity contribution in [2.24, 2.45) is 17.9 Å². The number of allylic oxidation sites excluding steroid dienone is 2. The molecule has 1 N–H and O–H groups in total. The number of aryl methyl sites for hydroxylation is 1. The molecule has 1 aliphatic carbocycles. The number of hydrogen-bond acceptors (Lipinski definition) is 5. The van der Waals surface area contributed by atoms with Crippen LogP contribution in [-0.4, -0.2) is 16.3 Å². The number of rotatable bonds is 8. The smallest absolute Gasteiger partial charge is 0.312 e. The summed E-state index contributed by atoms with van der Waals surface area (Å²) in [6.07, 6.45) is 4.75. The van der Waals surface area contributed by atoms with Crippen LogP contribution in [0.25, 0.3) is 22.0 Å². The Morgan fingerprint density at radius 2 is 1.55 bits per heavy atom. The van der Waals surface area contributed by atoms with E-state index in [0.717, 1.165) is 40.6 Å². The summed E-state index contributed by atoms with van der Waals surface area (Å²) in [5.41, 5.74) is 5.15. The molecule has 1 aromatic heterocycles. The lowest BCUT2D eigenvalue weighted by atomic mass is 9.73. The topological polar surface area (TPSA) is 77.4 Å². The molecule has 4 aromatic rings. The number of ketones is 1. The van der Waals surface area contributed by atoms with Gasteiger partial charge < -0.3 is 14.6 Å². The van der Waals surface area contributed by atoms with Crippen LogP contribution in [0.4, 0.5) is 11.4 Å². The number of anilines is 2. The number of aromatic nitrogens is 1. The monoisotopic (exact) mass is 590 g/mol. The van der Waals surface area contributed by atoms with Crippen molar-refractivity contribution < 1.29 is 14.3 Å². The first-order valence-electron chi connectivity index (χ1n) is 14.9. The zero-order chi connectivity index (χ0) is 32.2. The van der Waals surface area contributed by atoms with Gasteiger partial charge in [0.15, 0.2) is 5.78 Å². The predicted octanol–water partition coefficient (Wildman–Crippen LogP) is 8.75. The molecule has 6 nitrogen and oxygen atoms in total. The Labute approximate surface area is 260 Å². The number of carbonyl (C=O) groups excluding carboxylic acids is 2. The second-order valence-electron chi connectivity index (χ2n) is 12.7. The van der Waals surface area contributed by atoms with Crippen LogP contribution in [0.3, 0.4) is 0 Å². The first-order valence-corrected chi connectivity index (χ1v) is 14.9. The van der Waals surface area contributed by atoms with Crippen molar-refractivity contribution in [2.45, 2.75) is 54.1 Å². The third-order valence-corrected chi connectivity index (χ3v) is 8.06. The van der Waals surface area contributed by atoms with Crippen LogP contribution in [-0.2, 0) is 23.2 Å². The number of carbonyl (C=O) groups is 2. The molecule has 1 atom stereocenters. The Morgan fingerprint density at radius 1 is 0.909 bits per heavy atom. The van der Waals surface area contributed by atoms with E-state index in [1.807, 2.05) is 74.5 Å². The number of nitrogens with zero attached hydrogens (tertiary/aromatic N) is 1. The summed E-state index contributed by atoms with van der Waals surface area (Å²) in [7, 11) is 1.72. The molecule has 0 bridgehead atoms. The van der Waals surface area contributed by atoms with Crippen molar-refractivity contribution in [2.75, 3.05) is 5.32 Å². The number of hydrogen-bond donors (Lipinski definition) is 1. The number of fused-ring (bicyclic) bond motifs is 2. The molecule has 1 unspecified atom stereocenters. The van der Waals surface area contributed by atoms with Crippen molar-refractivity contribution in [3.63, 3.8) is 0 Å². The molecule has 44 heavy (non-hydrogen) atoms. The van der Waals surface area contributed by atoms with E-state index in [0.29, 0.717) is 22.3 Å². The molecule has 5 rings (SSSR count). The van der Waals surface area contributed by atoms with Gasteiger partial charge in [-0.1, -0.05) is 89.4 Å². The normalized spacial score (nSPS) is 13.2.